The molecule has 1 aliphatic rings. The molecular formula is C28H38FN7O4. The molecule has 0 spiro atoms. The number of hydrogen-bond donors (Lipinski definition) is 3. The Morgan fingerprint density at radius 2 is 1.95 bits per heavy atom. The van der Waals surface area contributed by atoms with Gasteiger partial charge in [-0.15, -0.1) is 0 Å². The number of carbonyl (C=O) groups is 2. The number of anilines is 4. The zero-order valence-corrected chi connectivity index (χ0v) is 23.9. The van der Waals surface area contributed by atoms with Crippen LogP contribution in [0.4, 0.5) is 32.3 Å². The first kappa shape index (κ1) is 30.6. The molecule has 3 rings (SSSR count). The molecule has 12 heteroatoms. The van der Waals surface area contributed by atoms with Gasteiger partial charge in [0.05, 0.1) is 36.2 Å². The molecule has 3 N–H and O–H groups in total. The fourth-order valence-electron chi connectivity index (χ4n) is 4.25. The Labute approximate surface area is 234 Å². The van der Waals surface area contributed by atoms with Crippen molar-refractivity contribution in [2.24, 2.45) is 0 Å². The summed E-state index contributed by atoms with van der Waals surface area (Å²) in [6.45, 7) is 12.9. The van der Waals surface area contributed by atoms with Gasteiger partial charge in [0.1, 0.15) is 17.5 Å². The maximum atomic E-state index is 15.0. The molecule has 1 aliphatic heterocycles. The minimum absolute atomic E-state index is 0.0170. The second kappa shape index (κ2) is 13.4. The summed E-state index contributed by atoms with van der Waals surface area (Å²) in [5, 5.41) is 18.5. The Bertz CT molecular complexity index is 1250. The van der Waals surface area contributed by atoms with Gasteiger partial charge in [0.25, 0.3) is 0 Å². The number of halogens is 1. The number of Topliss-reactive ketones (excluding diaryl/α,β-unsaturated/α-hetero) is 1. The van der Waals surface area contributed by atoms with Crippen LogP contribution in [0.1, 0.15) is 70.3 Å². The summed E-state index contributed by atoms with van der Waals surface area (Å²) < 4.78 is 25.8. The Morgan fingerprint density at radius 1 is 1.25 bits per heavy atom. The predicted octanol–water partition coefficient (Wildman–Crippen LogP) is 4.76. The van der Waals surface area contributed by atoms with E-state index in [1.807, 2.05) is 17.9 Å². The van der Waals surface area contributed by atoms with Crippen molar-refractivity contribution in [1.82, 2.24) is 15.3 Å². The Kier molecular flexibility index (Phi) is 10.2. The molecule has 0 aliphatic carbocycles. The molecular weight excluding hydrogens is 517 g/mol. The van der Waals surface area contributed by atoms with Crippen LogP contribution in [0.25, 0.3) is 0 Å². The van der Waals surface area contributed by atoms with Gasteiger partial charge in [-0.1, -0.05) is 13.3 Å². The lowest BCUT2D eigenvalue weighted by molar-refractivity contribution is 0.0502. The van der Waals surface area contributed by atoms with Crippen molar-refractivity contribution in [3.05, 3.63) is 35.3 Å². The number of nitrogens with zero attached hydrogens (tertiary/aromatic N) is 4. The molecule has 0 saturated carbocycles. The molecule has 3 heterocycles. The Hall–Kier alpha value is -3.98. The maximum absolute atomic E-state index is 15.0. The van der Waals surface area contributed by atoms with Gasteiger partial charge < -0.3 is 30.3 Å². The van der Waals surface area contributed by atoms with Gasteiger partial charge in [-0.2, -0.15) is 5.26 Å². The van der Waals surface area contributed by atoms with E-state index in [9.17, 15) is 14.9 Å². The molecule has 216 valence electrons. The van der Waals surface area contributed by atoms with Crippen LogP contribution in [0.5, 0.6) is 0 Å². The molecule has 0 aromatic carbocycles. The molecule has 2 aromatic rings. The second-order valence-corrected chi connectivity index (χ2v) is 10.7. The zero-order chi connectivity index (χ0) is 29.4. The summed E-state index contributed by atoms with van der Waals surface area (Å²) in [5.74, 6) is -0.295. The molecule has 0 radical (unpaired) electrons. The lowest BCUT2D eigenvalue weighted by Gasteiger charge is -2.29. The SMILES string of the molecule is CCC[C@@H](Nc1nc(Nc2cnc(N3CCOCC3)c(C(C)=O)c2)c(C#N)cc1F)[C@H](C)NC(=O)OC(C)(C)C. The number of amides is 1. The third-order valence-electron chi connectivity index (χ3n) is 6.19. The zero-order valence-electron chi connectivity index (χ0n) is 23.9. The lowest BCUT2D eigenvalue weighted by Crippen LogP contribution is -2.46. The molecule has 0 bridgehead atoms. The number of pyridine rings is 2. The Balaban J connectivity index is 1.86. The molecule has 1 fully saturated rings. The van der Waals surface area contributed by atoms with Crippen LogP contribution >= 0.6 is 0 Å². The van der Waals surface area contributed by atoms with E-state index in [4.69, 9.17) is 9.47 Å². The number of rotatable bonds is 10. The lowest BCUT2D eigenvalue weighted by atomic mass is 10.0. The normalized spacial score (nSPS) is 15.0. The number of nitriles is 1. The van der Waals surface area contributed by atoms with E-state index in [-0.39, 0.29) is 29.0 Å². The first-order valence-corrected chi connectivity index (χ1v) is 13.4. The number of morpholine rings is 1. The standard InChI is InChI=1S/C28H38FN7O4/c1-7-8-23(17(2)32-27(38)40-28(4,5)6)34-25-22(29)13-19(15-30)24(35-25)33-20-14-21(18(3)37)26(31-16-20)36-9-11-39-12-10-36/h13-14,16-17,23H,7-12H2,1-6H3,(H,32,38)(H2,33,34,35)/t17-,23+/m0/s1. The van der Waals surface area contributed by atoms with Crippen molar-refractivity contribution >= 4 is 35.0 Å². The quantitative estimate of drug-likeness (QED) is 0.351. The summed E-state index contributed by atoms with van der Waals surface area (Å²) in [6, 6.07) is 3.90. The van der Waals surface area contributed by atoms with E-state index in [0.29, 0.717) is 49.8 Å². The van der Waals surface area contributed by atoms with Crippen LogP contribution in [-0.2, 0) is 9.47 Å². The van der Waals surface area contributed by atoms with Crippen LogP contribution in [0.2, 0.25) is 0 Å². The first-order chi connectivity index (χ1) is 18.9. The van der Waals surface area contributed by atoms with Crippen molar-refractivity contribution in [3.63, 3.8) is 0 Å². The van der Waals surface area contributed by atoms with Gasteiger partial charge in [0.2, 0.25) is 0 Å². The first-order valence-electron chi connectivity index (χ1n) is 13.4. The summed E-state index contributed by atoms with van der Waals surface area (Å²) in [6.07, 6.45) is 2.34. The number of alkyl carbamates (subject to hydrolysis) is 1. The second-order valence-electron chi connectivity index (χ2n) is 10.7. The number of nitrogens with one attached hydrogen (secondary N) is 3. The molecule has 0 unspecified atom stereocenters. The van der Waals surface area contributed by atoms with Crippen LogP contribution in [-0.4, -0.2) is 65.8 Å². The third-order valence-corrected chi connectivity index (χ3v) is 6.19. The average Bonchev–Trinajstić information content (AvgIpc) is 2.89. The van der Waals surface area contributed by atoms with E-state index in [1.54, 1.807) is 40.0 Å². The van der Waals surface area contributed by atoms with Gasteiger partial charge in [-0.3, -0.25) is 4.79 Å². The fraction of sp³-hybridized carbons (Fsp3) is 0.536. The molecule has 1 amide bonds. The van der Waals surface area contributed by atoms with E-state index in [2.05, 4.69) is 25.9 Å². The van der Waals surface area contributed by atoms with Crippen LogP contribution in [0.15, 0.2) is 18.3 Å². The van der Waals surface area contributed by atoms with Gasteiger partial charge in [0, 0.05) is 25.2 Å². The largest absolute Gasteiger partial charge is 0.444 e. The highest BCUT2D eigenvalue weighted by Gasteiger charge is 2.25. The number of hydrogen-bond acceptors (Lipinski definition) is 10. The fourth-order valence-corrected chi connectivity index (χ4v) is 4.25. The van der Waals surface area contributed by atoms with E-state index >= 15 is 4.39 Å². The number of ether oxygens (including phenoxy) is 2. The highest BCUT2D eigenvalue weighted by atomic mass is 19.1. The smallest absolute Gasteiger partial charge is 0.407 e. The highest BCUT2D eigenvalue weighted by molar-refractivity contribution is 5.99. The van der Waals surface area contributed by atoms with E-state index < -0.39 is 23.6 Å². The van der Waals surface area contributed by atoms with Crippen LogP contribution < -0.4 is 20.9 Å². The van der Waals surface area contributed by atoms with E-state index in [1.165, 1.54) is 6.92 Å². The molecule has 1 saturated heterocycles. The number of aromatic nitrogens is 2. The van der Waals surface area contributed by atoms with Crippen molar-refractivity contribution in [1.29, 1.82) is 5.26 Å². The highest BCUT2D eigenvalue weighted by Crippen LogP contribution is 2.28. The van der Waals surface area contributed by atoms with Crippen molar-refractivity contribution in [3.8, 4) is 6.07 Å². The molecule has 40 heavy (non-hydrogen) atoms. The minimum Gasteiger partial charge on any atom is -0.444 e. The van der Waals surface area contributed by atoms with Gasteiger partial charge in [-0.25, -0.2) is 19.2 Å². The predicted molar refractivity (Wildman–Crippen MR) is 151 cm³/mol. The summed E-state index contributed by atoms with van der Waals surface area (Å²) in [7, 11) is 0. The third kappa shape index (κ3) is 8.26. The van der Waals surface area contributed by atoms with Crippen molar-refractivity contribution in [2.45, 2.75) is 72.1 Å². The van der Waals surface area contributed by atoms with E-state index in [0.717, 1.165) is 12.5 Å². The molecule has 2 aromatic heterocycles. The average molecular weight is 556 g/mol. The van der Waals surface area contributed by atoms with Gasteiger partial charge in [-0.05, 0) is 53.2 Å². The number of carbonyl (C=O) groups excluding carboxylic acids is 2. The monoisotopic (exact) mass is 555 g/mol. The number of ketones is 1. The summed E-state index contributed by atoms with van der Waals surface area (Å²) >= 11 is 0. The van der Waals surface area contributed by atoms with Crippen LogP contribution in [0.3, 0.4) is 0 Å². The summed E-state index contributed by atoms with van der Waals surface area (Å²) in [5.41, 5.74) is 0.164. The Morgan fingerprint density at radius 3 is 2.55 bits per heavy atom. The van der Waals surface area contributed by atoms with Gasteiger partial charge >= 0.3 is 6.09 Å². The maximum Gasteiger partial charge on any atom is 0.407 e. The molecule has 2 atom stereocenters. The minimum atomic E-state index is -0.710. The molecule has 11 nitrogen and oxygen atoms in total. The topological polar surface area (TPSA) is 141 Å². The summed E-state index contributed by atoms with van der Waals surface area (Å²) in [4.78, 5) is 35.6. The van der Waals surface area contributed by atoms with Crippen LogP contribution in [0, 0.1) is 17.1 Å². The van der Waals surface area contributed by atoms with Crippen molar-refractivity contribution in [2.75, 3.05) is 41.8 Å². The van der Waals surface area contributed by atoms with Crippen molar-refractivity contribution < 1.29 is 23.5 Å². The van der Waals surface area contributed by atoms with Gasteiger partial charge in [0.15, 0.2) is 23.2 Å².